The van der Waals surface area contributed by atoms with Gasteiger partial charge in [0, 0.05) is 18.6 Å². The topological polar surface area (TPSA) is 87.8 Å². The van der Waals surface area contributed by atoms with Crippen molar-refractivity contribution in [1.82, 2.24) is 0 Å². The molecule has 0 aromatic carbocycles. The molecule has 1 unspecified atom stereocenters. The van der Waals surface area contributed by atoms with Crippen molar-refractivity contribution in [3.63, 3.8) is 0 Å². The number of hydrogen-bond donors (Lipinski definition) is 1. The van der Waals surface area contributed by atoms with Gasteiger partial charge in [0.1, 0.15) is 6.61 Å². The van der Waals surface area contributed by atoms with Gasteiger partial charge < -0.3 is 19.9 Å². The third-order valence-electron chi connectivity index (χ3n) is 2.30. The molecule has 1 atom stereocenters. The standard InChI is InChI=1S/C14H25NO5/c1-4-6-13(16)20-12(9-18-8-5-7-15)10-19-14(17)11(2)3/h12H,2,4-10,15H2,1,3H3. The zero-order valence-electron chi connectivity index (χ0n) is 12.4. The highest BCUT2D eigenvalue weighted by atomic mass is 16.6. The Labute approximate surface area is 120 Å². The van der Waals surface area contributed by atoms with Gasteiger partial charge in [0.25, 0.3) is 0 Å². The summed E-state index contributed by atoms with van der Waals surface area (Å²) >= 11 is 0. The number of rotatable bonds is 11. The van der Waals surface area contributed by atoms with E-state index in [0.717, 1.165) is 6.42 Å². The normalized spacial score (nSPS) is 11.8. The van der Waals surface area contributed by atoms with E-state index in [-0.39, 0.29) is 19.2 Å². The molecule has 0 spiro atoms. The second kappa shape index (κ2) is 11.4. The number of carbonyl (C=O) groups excluding carboxylic acids is 2. The molecule has 2 N–H and O–H groups in total. The van der Waals surface area contributed by atoms with Gasteiger partial charge in [-0.1, -0.05) is 13.5 Å². The Morgan fingerprint density at radius 3 is 2.55 bits per heavy atom. The van der Waals surface area contributed by atoms with Gasteiger partial charge in [0.05, 0.1) is 6.61 Å². The van der Waals surface area contributed by atoms with Crippen LogP contribution in [0.5, 0.6) is 0 Å². The van der Waals surface area contributed by atoms with Crippen molar-refractivity contribution in [1.29, 1.82) is 0 Å². The van der Waals surface area contributed by atoms with E-state index in [1.54, 1.807) is 6.92 Å². The minimum atomic E-state index is -0.602. The number of hydrogen-bond acceptors (Lipinski definition) is 6. The lowest BCUT2D eigenvalue weighted by atomic mass is 10.3. The Hall–Kier alpha value is -1.40. The molecule has 0 saturated heterocycles. The summed E-state index contributed by atoms with van der Waals surface area (Å²) in [6.07, 6.45) is 1.15. The van der Waals surface area contributed by atoms with Crippen LogP contribution in [-0.2, 0) is 23.8 Å². The van der Waals surface area contributed by atoms with Gasteiger partial charge in [-0.15, -0.1) is 0 Å². The SMILES string of the molecule is C=C(C)C(=O)OCC(COCCCN)OC(=O)CCC. The van der Waals surface area contributed by atoms with Crippen LogP contribution in [0.2, 0.25) is 0 Å². The van der Waals surface area contributed by atoms with Crippen LogP contribution >= 0.6 is 0 Å². The maximum atomic E-state index is 11.5. The molecule has 0 fully saturated rings. The lowest BCUT2D eigenvalue weighted by Crippen LogP contribution is -2.30. The molecule has 116 valence electrons. The summed E-state index contributed by atoms with van der Waals surface area (Å²) in [5.74, 6) is -0.838. The second-order valence-corrected chi connectivity index (χ2v) is 4.46. The van der Waals surface area contributed by atoms with Crippen molar-refractivity contribution in [2.24, 2.45) is 5.73 Å². The first-order valence-corrected chi connectivity index (χ1v) is 6.81. The lowest BCUT2D eigenvalue weighted by Gasteiger charge is -2.18. The molecule has 0 aliphatic carbocycles. The first-order chi connectivity index (χ1) is 9.51. The monoisotopic (exact) mass is 287 g/mol. The Balaban J connectivity index is 4.19. The fourth-order valence-electron chi connectivity index (χ4n) is 1.26. The number of ether oxygens (including phenoxy) is 3. The predicted molar refractivity (Wildman–Crippen MR) is 75.1 cm³/mol. The Morgan fingerprint density at radius 2 is 2.00 bits per heavy atom. The highest BCUT2D eigenvalue weighted by molar-refractivity contribution is 5.86. The number of carbonyl (C=O) groups is 2. The summed E-state index contributed by atoms with van der Waals surface area (Å²) < 4.78 is 15.5. The van der Waals surface area contributed by atoms with E-state index in [1.165, 1.54) is 0 Å². The number of esters is 2. The molecular formula is C14H25NO5. The van der Waals surface area contributed by atoms with E-state index in [9.17, 15) is 9.59 Å². The van der Waals surface area contributed by atoms with Crippen LogP contribution in [0.25, 0.3) is 0 Å². The Kier molecular flexibility index (Phi) is 10.6. The van der Waals surface area contributed by atoms with Crippen LogP contribution in [0, 0.1) is 0 Å². The molecule has 0 rings (SSSR count). The van der Waals surface area contributed by atoms with E-state index in [4.69, 9.17) is 19.9 Å². The van der Waals surface area contributed by atoms with Crippen LogP contribution in [0.15, 0.2) is 12.2 Å². The highest BCUT2D eigenvalue weighted by Gasteiger charge is 2.17. The third-order valence-corrected chi connectivity index (χ3v) is 2.30. The zero-order chi connectivity index (χ0) is 15.4. The number of nitrogens with two attached hydrogens (primary N) is 1. The zero-order valence-corrected chi connectivity index (χ0v) is 12.4. The fourth-order valence-corrected chi connectivity index (χ4v) is 1.26. The van der Waals surface area contributed by atoms with Gasteiger partial charge in [0.15, 0.2) is 6.10 Å². The largest absolute Gasteiger partial charge is 0.458 e. The molecule has 0 aliphatic heterocycles. The van der Waals surface area contributed by atoms with Gasteiger partial charge in [-0.05, 0) is 26.3 Å². The summed E-state index contributed by atoms with van der Waals surface area (Å²) in [5, 5.41) is 0. The van der Waals surface area contributed by atoms with E-state index in [2.05, 4.69) is 6.58 Å². The van der Waals surface area contributed by atoms with E-state index in [0.29, 0.717) is 31.6 Å². The van der Waals surface area contributed by atoms with Crippen LogP contribution in [0.3, 0.4) is 0 Å². The average Bonchev–Trinajstić information content (AvgIpc) is 2.40. The van der Waals surface area contributed by atoms with Crippen LogP contribution in [0.1, 0.15) is 33.1 Å². The van der Waals surface area contributed by atoms with Crippen LogP contribution in [-0.4, -0.2) is 44.4 Å². The summed E-state index contributed by atoms with van der Waals surface area (Å²) in [7, 11) is 0. The predicted octanol–water partition coefficient (Wildman–Crippen LogP) is 1.18. The Bertz CT molecular complexity index is 317. The van der Waals surface area contributed by atoms with Crippen molar-refractivity contribution in [2.75, 3.05) is 26.4 Å². The van der Waals surface area contributed by atoms with Gasteiger partial charge in [-0.3, -0.25) is 4.79 Å². The van der Waals surface area contributed by atoms with E-state index in [1.807, 2.05) is 6.92 Å². The molecule has 0 aliphatic rings. The van der Waals surface area contributed by atoms with Crippen LogP contribution < -0.4 is 5.73 Å². The molecule has 20 heavy (non-hydrogen) atoms. The van der Waals surface area contributed by atoms with Crippen LogP contribution in [0.4, 0.5) is 0 Å². The molecule has 0 bridgehead atoms. The molecule has 0 heterocycles. The first-order valence-electron chi connectivity index (χ1n) is 6.81. The summed E-state index contributed by atoms with van der Waals surface area (Å²) in [6.45, 7) is 8.07. The smallest absolute Gasteiger partial charge is 0.333 e. The van der Waals surface area contributed by atoms with Gasteiger partial charge >= 0.3 is 11.9 Å². The van der Waals surface area contributed by atoms with E-state index < -0.39 is 12.1 Å². The molecule has 0 aromatic heterocycles. The summed E-state index contributed by atoms with van der Waals surface area (Å²) in [6, 6.07) is 0. The minimum absolute atomic E-state index is 0.0379. The van der Waals surface area contributed by atoms with Crippen molar-refractivity contribution < 1.29 is 23.8 Å². The van der Waals surface area contributed by atoms with Crippen molar-refractivity contribution in [3.05, 3.63) is 12.2 Å². The van der Waals surface area contributed by atoms with Crippen molar-refractivity contribution >= 4 is 11.9 Å². The molecular weight excluding hydrogens is 262 g/mol. The van der Waals surface area contributed by atoms with Gasteiger partial charge in [0.2, 0.25) is 0 Å². The quantitative estimate of drug-likeness (QED) is 0.349. The summed E-state index contributed by atoms with van der Waals surface area (Å²) in [4.78, 5) is 22.8. The molecule has 0 aromatic rings. The molecule has 6 heteroatoms. The van der Waals surface area contributed by atoms with Crippen molar-refractivity contribution in [3.8, 4) is 0 Å². The molecule has 0 radical (unpaired) electrons. The van der Waals surface area contributed by atoms with E-state index >= 15 is 0 Å². The van der Waals surface area contributed by atoms with Gasteiger partial charge in [-0.2, -0.15) is 0 Å². The molecule has 6 nitrogen and oxygen atoms in total. The average molecular weight is 287 g/mol. The highest BCUT2D eigenvalue weighted by Crippen LogP contribution is 2.02. The first kappa shape index (κ1) is 18.6. The molecule has 0 saturated carbocycles. The third kappa shape index (κ3) is 9.52. The lowest BCUT2D eigenvalue weighted by molar-refractivity contribution is -0.161. The van der Waals surface area contributed by atoms with Crippen molar-refractivity contribution in [2.45, 2.75) is 39.2 Å². The minimum Gasteiger partial charge on any atom is -0.458 e. The summed E-state index contributed by atoms with van der Waals surface area (Å²) in [5.41, 5.74) is 5.65. The second-order valence-electron chi connectivity index (χ2n) is 4.46. The Morgan fingerprint density at radius 1 is 1.30 bits per heavy atom. The fraction of sp³-hybridized carbons (Fsp3) is 0.714. The maximum Gasteiger partial charge on any atom is 0.333 e. The molecule has 0 amide bonds. The van der Waals surface area contributed by atoms with Gasteiger partial charge in [-0.25, -0.2) is 4.79 Å². The maximum absolute atomic E-state index is 11.5.